The van der Waals surface area contributed by atoms with E-state index in [-0.39, 0.29) is 0 Å². The molecule has 0 atom stereocenters. The summed E-state index contributed by atoms with van der Waals surface area (Å²) >= 11 is 0. The highest BCUT2D eigenvalue weighted by Gasteiger charge is 2.09. The monoisotopic (exact) mass is 225 g/mol. The summed E-state index contributed by atoms with van der Waals surface area (Å²) in [6, 6.07) is 13.8. The second-order valence-electron chi connectivity index (χ2n) is 4.02. The number of aromatic nitrogens is 3. The Hall–Kier alpha value is -2.36. The Bertz CT molecular complexity index is 688. The summed E-state index contributed by atoms with van der Waals surface area (Å²) in [7, 11) is 0. The van der Waals surface area contributed by atoms with Crippen LogP contribution in [0.5, 0.6) is 0 Å². The van der Waals surface area contributed by atoms with Crippen molar-refractivity contribution >= 4 is 11.0 Å². The van der Waals surface area contributed by atoms with Crippen molar-refractivity contribution in [3.05, 3.63) is 48.0 Å². The molecule has 4 nitrogen and oxygen atoms in total. The summed E-state index contributed by atoms with van der Waals surface area (Å²) < 4.78 is 0. The second kappa shape index (κ2) is 3.59. The lowest BCUT2D eigenvalue weighted by Gasteiger charge is -2.03. The Balaban J connectivity index is 2.30. The van der Waals surface area contributed by atoms with Crippen molar-refractivity contribution in [2.24, 2.45) is 0 Å². The summed E-state index contributed by atoms with van der Waals surface area (Å²) in [5, 5.41) is 17.1. The minimum atomic E-state index is 0.615. The molecule has 0 bridgehead atoms. The van der Waals surface area contributed by atoms with E-state index in [0.29, 0.717) is 11.0 Å². The van der Waals surface area contributed by atoms with E-state index in [0.717, 1.165) is 16.0 Å². The van der Waals surface area contributed by atoms with Gasteiger partial charge in [0.1, 0.15) is 11.0 Å². The SMILES string of the molecule is Cc1cccc(-c2cccc3c2nnn3O)c1. The largest absolute Gasteiger partial charge is 0.410 e. The average Bonchev–Trinajstić information content (AvgIpc) is 2.71. The van der Waals surface area contributed by atoms with E-state index in [2.05, 4.69) is 16.4 Å². The fraction of sp³-hybridized carbons (Fsp3) is 0.0769. The zero-order valence-corrected chi connectivity index (χ0v) is 9.33. The van der Waals surface area contributed by atoms with Gasteiger partial charge in [0.05, 0.1) is 0 Å². The molecule has 1 heterocycles. The van der Waals surface area contributed by atoms with E-state index in [1.807, 2.05) is 37.3 Å². The lowest BCUT2D eigenvalue weighted by molar-refractivity contribution is 0.155. The van der Waals surface area contributed by atoms with Crippen molar-refractivity contribution in [1.29, 1.82) is 0 Å². The average molecular weight is 225 g/mol. The van der Waals surface area contributed by atoms with Gasteiger partial charge in [-0.05, 0) is 23.8 Å². The summed E-state index contributed by atoms with van der Waals surface area (Å²) in [4.78, 5) is 0.800. The van der Waals surface area contributed by atoms with E-state index in [1.165, 1.54) is 5.56 Å². The van der Waals surface area contributed by atoms with Crippen molar-refractivity contribution in [2.45, 2.75) is 6.92 Å². The van der Waals surface area contributed by atoms with Gasteiger partial charge >= 0.3 is 0 Å². The molecule has 84 valence electrons. The van der Waals surface area contributed by atoms with Crippen LogP contribution in [0.1, 0.15) is 5.56 Å². The van der Waals surface area contributed by atoms with Crippen molar-refractivity contribution in [2.75, 3.05) is 0 Å². The third-order valence-electron chi connectivity index (χ3n) is 2.79. The normalized spacial score (nSPS) is 10.9. The standard InChI is InChI=1S/C13H11N3O/c1-9-4-2-5-10(8-9)11-6-3-7-12-13(11)14-15-16(12)17/h2-8,17H,1H3. The Morgan fingerprint density at radius 2 is 1.94 bits per heavy atom. The summed E-state index contributed by atoms with van der Waals surface area (Å²) in [5.74, 6) is 0. The molecular weight excluding hydrogens is 214 g/mol. The molecule has 0 amide bonds. The molecule has 0 radical (unpaired) electrons. The minimum Gasteiger partial charge on any atom is -0.410 e. The van der Waals surface area contributed by atoms with Crippen molar-refractivity contribution in [3.63, 3.8) is 0 Å². The van der Waals surface area contributed by atoms with Crippen LogP contribution >= 0.6 is 0 Å². The minimum absolute atomic E-state index is 0.615. The number of benzene rings is 2. The van der Waals surface area contributed by atoms with Gasteiger partial charge in [-0.3, -0.25) is 0 Å². The molecule has 1 N–H and O–H groups in total. The van der Waals surface area contributed by atoms with Crippen LogP contribution in [-0.2, 0) is 0 Å². The van der Waals surface area contributed by atoms with Gasteiger partial charge in [0, 0.05) is 5.56 Å². The third-order valence-corrected chi connectivity index (χ3v) is 2.79. The topological polar surface area (TPSA) is 50.9 Å². The van der Waals surface area contributed by atoms with Gasteiger partial charge < -0.3 is 5.21 Å². The smallest absolute Gasteiger partial charge is 0.131 e. The number of hydrogen-bond donors (Lipinski definition) is 1. The maximum Gasteiger partial charge on any atom is 0.131 e. The number of nitrogens with zero attached hydrogens (tertiary/aromatic N) is 3. The first kappa shape index (κ1) is 9.84. The zero-order valence-electron chi connectivity index (χ0n) is 9.33. The maximum absolute atomic E-state index is 9.48. The van der Waals surface area contributed by atoms with Crippen molar-refractivity contribution in [3.8, 4) is 11.1 Å². The molecule has 4 heteroatoms. The van der Waals surface area contributed by atoms with E-state index in [4.69, 9.17) is 0 Å². The van der Waals surface area contributed by atoms with Gasteiger partial charge in [-0.25, -0.2) is 0 Å². The zero-order chi connectivity index (χ0) is 11.8. The van der Waals surface area contributed by atoms with Crippen molar-refractivity contribution < 1.29 is 5.21 Å². The molecule has 2 aromatic carbocycles. The molecule has 0 unspecified atom stereocenters. The number of rotatable bonds is 1. The Labute approximate surface area is 98.1 Å². The van der Waals surface area contributed by atoms with E-state index in [9.17, 15) is 5.21 Å². The molecule has 3 rings (SSSR count). The molecule has 0 aliphatic carbocycles. The highest BCUT2D eigenvalue weighted by atomic mass is 16.5. The summed E-state index contributed by atoms with van der Waals surface area (Å²) in [6.45, 7) is 2.05. The molecule has 0 aliphatic heterocycles. The van der Waals surface area contributed by atoms with E-state index >= 15 is 0 Å². The Kier molecular flexibility index (Phi) is 2.08. The van der Waals surface area contributed by atoms with Crippen LogP contribution in [0, 0.1) is 6.92 Å². The fourth-order valence-corrected chi connectivity index (χ4v) is 1.98. The van der Waals surface area contributed by atoms with Gasteiger partial charge in [-0.2, -0.15) is 0 Å². The Morgan fingerprint density at radius 3 is 2.76 bits per heavy atom. The molecule has 1 aromatic heterocycles. The molecule has 3 aromatic rings. The van der Waals surface area contributed by atoms with Gasteiger partial charge in [0.2, 0.25) is 0 Å². The summed E-state index contributed by atoms with van der Waals surface area (Å²) in [6.07, 6.45) is 0. The highest BCUT2D eigenvalue weighted by molar-refractivity contribution is 5.91. The molecule has 0 saturated carbocycles. The van der Waals surface area contributed by atoms with Crippen molar-refractivity contribution in [1.82, 2.24) is 15.2 Å². The molecule has 17 heavy (non-hydrogen) atoms. The molecular formula is C13H11N3O. The third kappa shape index (κ3) is 1.54. The lowest BCUT2D eigenvalue weighted by atomic mass is 10.0. The number of fused-ring (bicyclic) bond motifs is 1. The second-order valence-corrected chi connectivity index (χ2v) is 4.02. The molecule has 0 aliphatic rings. The lowest BCUT2D eigenvalue weighted by Crippen LogP contribution is -1.91. The first-order valence-corrected chi connectivity index (χ1v) is 5.36. The van der Waals surface area contributed by atoms with Crippen LogP contribution in [0.2, 0.25) is 0 Å². The Morgan fingerprint density at radius 1 is 1.12 bits per heavy atom. The van der Waals surface area contributed by atoms with Crippen LogP contribution < -0.4 is 0 Å². The first-order chi connectivity index (χ1) is 8.25. The number of hydrogen-bond acceptors (Lipinski definition) is 3. The van der Waals surface area contributed by atoms with Gasteiger partial charge in [0.25, 0.3) is 0 Å². The molecule has 0 saturated heterocycles. The van der Waals surface area contributed by atoms with Crippen LogP contribution in [0.4, 0.5) is 0 Å². The maximum atomic E-state index is 9.48. The van der Waals surface area contributed by atoms with Crippen LogP contribution in [-0.4, -0.2) is 20.4 Å². The van der Waals surface area contributed by atoms with Gasteiger partial charge in [0.15, 0.2) is 0 Å². The first-order valence-electron chi connectivity index (χ1n) is 5.36. The van der Waals surface area contributed by atoms with Crippen LogP contribution in [0.15, 0.2) is 42.5 Å². The van der Waals surface area contributed by atoms with Crippen LogP contribution in [0.25, 0.3) is 22.2 Å². The predicted octanol–water partition coefficient (Wildman–Crippen LogP) is 2.64. The van der Waals surface area contributed by atoms with E-state index < -0.39 is 0 Å². The quantitative estimate of drug-likeness (QED) is 0.648. The van der Waals surface area contributed by atoms with Crippen LogP contribution in [0.3, 0.4) is 0 Å². The van der Waals surface area contributed by atoms with Gasteiger partial charge in [-0.1, -0.05) is 46.8 Å². The highest BCUT2D eigenvalue weighted by Crippen LogP contribution is 2.26. The predicted molar refractivity (Wildman–Crippen MR) is 64.9 cm³/mol. The van der Waals surface area contributed by atoms with Gasteiger partial charge in [-0.15, -0.1) is 5.10 Å². The van der Waals surface area contributed by atoms with E-state index in [1.54, 1.807) is 6.07 Å². The summed E-state index contributed by atoms with van der Waals surface area (Å²) in [5.41, 5.74) is 4.57. The fourth-order valence-electron chi connectivity index (χ4n) is 1.98. The number of aryl methyl sites for hydroxylation is 1. The molecule has 0 spiro atoms. The molecule has 0 fully saturated rings.